The van der Waals surface area contributed by atoms with E-state index in [1.165, 1.54) is 17.3 Å². The number of aliphatic hydroxyl groups excluding tert-OH is 2. The molecule has 0 saturated carbocycles. The van der Waals surface area contributed by atoms with Crippen LogP contribution >= 0.6 is 23.4 Å². The maximum absolute atomic E-state index is 9.61. The monoisotopic (exact) mass is 350 g/mol. The number of hydrogen-bond acceptors (Lipinski definition) is 5. The van der Waals surface area contributed by atoms with Gasteiger partial charge in [0.2, 0.25) is 0 Å². The van der Waals surface area contributed by atoms with E-state index in [4.69, 9.17) is 26.7 Å². The highest BCUT2D eigenvalue weighted by atomic mass is 35.5. The van der Waals surface area contributed by atoms with Crippen LogP contribution in [0.2, 0.25) is 5.02 Å². The Hall–Kier alpha value is -1.14. The van der Waals surface area contributed by atoms with Gasteiger partial charge < -0.3 is 10.2 Å². The molecule has 1 heterocycles. The highest BCUT2D eigenvalue weighted by Gasteiger charge is 2.19. The van der Waals surface area contributed by atoms with Gasteiger partial charge in [-0.3, -0.25) is 0 Å². The Labute approximate surface area is 144 Å². The van der Waals surface area contributed by atoms with Crippen LogP contribution in [0.4, 0.5) is 0 Å². The first-order valence-corrected chi connectivity index (χ1v) is 9.11. The number of aryl methyl sites for hydroxylation is 1. The smallest absolute Gasteiger partial charge is 0.160 e. The summed E-state index contributed by atoms with van der Waals surface area (Å²) in [5.41, 5.74) is 3.19. The summed E-state index contributed by atoms with van der Waals surface area (Å²) in [5, 5.41) is 20.2. The molecule has 3 rings (SSSR count). The third-order valence-corrected chi connectivity index (χ3v) is 5.25. The molecule has 0 fully saturated rings. The minimum atomic E-state index is -0.733. The predicted octanol–water partition coefficient (Wildman–Crippen LogP) is 3.12. The zero-order valence-corrected chi connectivity index (χ0v) is 14.3. The van der Waals surface area contributed by atoms with E-state index < -0.39 is 6.10 Å². The molecule has 1 atom stereocenters. The van der Waals surface area contributed by atoms with Crippen LogP contribution in [0.15, 0.2) is 29.3 Å². The summed E-state index contributed by atoms with van der Waals surface area (Å²) >= 11 is 7.56. The van der Waals surface area contributed by atoms with Crippen LogP contribution in [0.25, 0.3) is 11.4 Å². The van der Waals surface area contributed by atoms with E-state index in [1.807, 2.05) is 24.3 Å². The molecule has 0 aliphatic heterocycles. The van der Waals surface area contributed by atoms with Gasteiger partial charge in [0.1, 0.15) is 5.03 Å². The second-order valence-electron chi connectivity index (χ2n) is 5.64. The van der Waals surface area contributed by atoms with Crippen LogP contribution in [0, 0.1) is 0 Å². The van der Waals surface area contributed by atoms with E-state index in [0.29, 0.717) is 16.6 Å². The molecule has 4 nitrogen and oxygen atoms in total. The lowest BCUT2D eigenvalue weighted by Crippen LogP contribution is -2.16. The van der Waals surface area contributed by atoms with Crippen molar-refractivity contribution >= 4 is 23.4 Å². The number of nitrogens with zero attached hydrogens (tertiary/aromatic N) is 2. The van der Waals surface area contributed by atoms with E-state index in [2.05, 4.69) is 0 Å². The summed E-state index contributed by atoms with van der Waals surface area (Å²) in [7, 11) is 0. The van der Waals surface area contributed by atoms with Crippen molar-refractivity contribution in [2.24, 2.45) is 0 Å². The standard InChI is InChI=1S/C17H19ClN2O2S/c18-12-5-3-4-11(8-12)16-19-15-7-2-1-6-14(15)17(20-16)23-10-13(22)9-21/h3-5,8,13,21-22H,1-2,6-7,9-10H2. The Bertz CT molecular complexity index is 696. The lowest BCUT2D eigenvalue weighted by atomic mass is 9.97. The molecule has 0 amide bonds. The lowest BCUT2D eigenvalue weighted by Gasteiger charge is -2.19. The average molecular weight is 351 g/mol. The van der Waals surface area contributed by atoms with Crippen LogP contribution in [-0.2, 0) is 12.8 Å². The number of halogens is 1. The number of hydrogen-bond donors (Lipinski definition) is 2. The Morgan fingerprint density at radius 3 is 2.83 bits per heavy atom. The minimum absolute atomic E-state index is 0.235. The van der Waals surface area contributed by atoms with Crippen LogP contribution < -0.4 is 0 Å². The molecule has 1 unspecified atom stereocenters. The molecular formula is C17H19ClN2O2S. The number of thioether (sulfide) groups is 1. The fraction of sp³-hybridized carbons (Fsp3) is 0.412. The molecule has 2 aromatic rings. The normalized spacial score (nSPS) is 15.3. The molecule has 0 bridgehead atoms. The molecule has 1 aliphatic carbocycles. The first-order valence-electron chi connectivity index (χ1n) is 7.75. The van der Waals surface area contributed by atoms with Gasteiger partial charge in [0.15, 0.2) is 5.82 Å². The second-order valence-corrected chi connectivity index (χ2v) is 7.09. The van der Waals surface area contributed by atoms with Crippen molar-refractivity contribution in [3.8, 4) is 11.4 Å². The van der Waals surface area contributed by atoms with Crippen LogP contribution in [0.1, 0.15) is 24.1 Å². The highest BCUT2D eigenvalue weighted by molar-refractivity contribution is 7.99. The maximum atomic E-state index is 9.61. The zero-order chi connectivity index (χ0) is 16.2. The van der Waals surface area contributed by atoms with E-state index in [9.17, 15) is 5.11 Å². The van der Waals surface area contributed by atoms with E-state index >= 15 is 0 Å². The van der Waals surface area contributed by atoms with Crippen LogP contribution in [0.5, 0.6) is 0 Å². The Balaban J connectivity index is 1.97. The van der Waals surface area contributed by atoms with Crippen molar-refractivity contribution in [1.82, 2.24) is 9.97 Å². The first-order chi connectivity index (χ1) is 11.2. The topological polar surface area (TPSA) is 66.2 Å². The molecule has 6 heteroatoms. The quantitative estimate of drug-likeness (QED) is 0.640. The second kappa shape index (κ2) is 7.62. The third-order valence-electron chi connectivity index (χ3n) is 3.85. The van der Waals surface area contributed by atoms with Crippen molar-refractivity contribution in [3.05, 3.63) is 40.5 Å². The number of aliphatic hydroxyl groups is 2. The van der Waals surface area contributed by atoms with Gasteiger partial charge in [-0.2, -0.15) is 0 Å². The molecule has 1 aromatic carbocycles. The van der Waals surface area contributed by atoms with Crippen molar-refractivity contribution < 1.29 is 10.2 Å². The molecule has 23 heavy (non-hydrogen) atoms. The van der Waals surface area contributed by atoms with Crippen molar-refractivity contribution in [3.63, 3.8) is 0 Å². The SMILES string of the molecule is OCC(O)CSc1nc(-c2cccc(Cl)c2)nc2c1CCCC2. The van der Waals surface area contributed by atoms with Crippen LogP contribution in [0.3, 0.4) is 0 Å². The van der Waals surface area contributed by atoms with Gasteiger partial charge >= 0.3 is 0 Å². The molecule has 1 aliphatic rings. The van der Waals surface area contributed by atoms with Gasteiger partial charge in [0, 0.05) is 27.6 Å². The van der Waals surface area contributed by atoms with Crippen molar-refractivity contribution in [2.75, 3.05) is 12.4 Å². The fourth-order valence-electron chi connectivity index (χ4n) is 2.66. The molecule has 0 radical (unpaired) electrons. The van der Waals surface area contributed by atoms with E-state index in [0.717, 1.165) is 42.0 Å². The lowest BCUT2D eigenvalue weighted by molar-refractivity contribution is 0.113. The molecular weight excluding hydrogens is 332 g/mol. The highest BCUT2D eigenvalue weighted by Crippen LogP contribution is 2.31. The summed E-state index contributed by atoms with van der Waals surface area (Å²) < 4.78 is 0. The fourth-order valence-corrected chi connectivity index (χ4v) is 3.85. The Morgan fingerprint density at radius 1 is 1.22 bits per heavy atom. The van der Waals surface area contributed by atoms with Crippen molar-refractivity contribution in [1.29, 1.82) is 0 Å². The first kappa shape index (κ1) is 16.7. The number of fused-ring (bicyclic) bond motifs is 1. The molecule has 0 spiro atoms. The van der Waals surface area contributed by atoms with E-state index in [-0.39, 0.29) is 6.61 Å². The zero-order valence-electron chi connectivity index (χ0n) is 12.7. The largest absolute Gasteiger partial charge is 0.394 e. The number of benzene rings is 1. The molecule has 2 N–H and O–H groups in total. The number of aromatic nitrogens is 2. The van der Waals surface area contributed by atoms with Gasteiger partial charge in [0.05, 0.1) is 12.7 Å². The minimum Gasteiger partial charge on any atom is -0.394 e. The predicted molar refractivity (Wildman–Crippen MR) is 92.9 cm³/mol. The summed E-state index contributed by atoms with van der Waals surface area (Å²) in [5.74, 6) is 1.10. The van der Waals surface area contributed by atoms with Crippen molar-refractivity contribution in [2.45, 2.75) is 36.8 Å². The van der Waals surface area contributed by atoms with Gasteiger partial charge in [-0.05, 0) is 37.8 Å². The Morgan fingerprint density at radius 2 is 2.04 bits per heavy atom. The summed E-state index contributed by atoms with van der Waals surface area (Å²) in [6.07, 6.45) is 3.49. The van der Waals surface area contributed by atoms with Crippen LogP contribution in [-0.4, -0.2) is 38.6 Å². The van der Waals surface area contributed by atoms with Gasteiger partial charge in [-0.25, -0.2) is 9.97 Å². The summed E-state index contributed by atoms with van der Waals surface area (Å²) in [6, 6.07) is 7.54. The molecule has 0 saturated heterocycles. The Kier molecular flexibility index (Phi) is 5.54. The van der Waals surface area contributed by atoms with E-state index in [1.54, 1.807) is 0 Å². The molecule has 122 valence electrons. The third kappa shape index (κ3) is 4.04. The molecule has 1 aromatic heterocycles. The van der Waals surface area contributed by atoms with Gasteiger partial charge in [-0.1, -0.05) is 23.7 Å². The summed E-state index contributed by atoms with van der Waals surface area (Å²) in [6.45, 7) is -0.235. The average Bonchev–Trinajstić information content (AvgIpc) is 2.59. The summed E-state index contributed by atoms with van der Waals surface area (Å²) in [4.78, 5) is 9.44. The maximum Gasteiger partial charge on any atom is 0.160 e. The van der Waals surface area contributed by atoms with Gasteiger partial charge in [-0.15, -0.1) is 11.8 Å². The van der Waals surface area contributed by atoms with Gasteiger partial charge in [0.25, 0.3) is 0 Å². The number of rotatable bonds is 5.